The molecule has 2 aromatic rings. The largest absolute Gasteiger partial charge is 0.487 e. The van der Waals surface area contributed by atoms with Crippen molar-refractivity contribution in [1.82, 2.24) is 15.2 Å². The van der Waals surface area contributed by atoms with Crippen molar-refractivity contribution in [3.8, 4) is 5.75 Å². The molecule has 146 valence electrons. The second-order valence-corrected chi connectivity index (χ2v) is 6.80. The Balaban J connectivity index is 1.69. The van der Waals surface area contributed by atoms with Crippen LogP contribution in [0.3, 0.4) is 0 Å². The van der Waals surface area contributed by atoms with Crippen LogP contribution in [0.5, 0.6) is 5.75 Å². The number of nitrogens with one attached hydrogen (secondary N) is 2. The van der Waals surface area contributed by atoms with Gasteiger partial charge in [0.1, 0.15) is 12.4 Å². The summed E-state index contributed by atoms with van der Waals surface area (Å²) >= 11 is 0. The molecule has 0 aliphatic heterocycles. The van der Waals surface area contributed by atoms with E-state index < -0.39 is 0 Å². The molecule has 0 bridgehead atoms. The molecule has 0 fully saturated rings. The number of amides is 2. The fraction of sp³-hybridized carbons (Fsp3) is 0.429. The van der Waals surface area contributed by atoms with Crippen LogP contribution in [0, 0.1) is 0 Å². The number of pyridine rings is 1. The van der Waals surface area contributed by atoms with Crippen molar-refractivity contribution < 1.29 is 9.53 Å². The lowest BCUT2D eigenvalue weighted by atomic mass is 10.2. The van der Waals surface area contributed by atoms with E-state index in [0.717, 1.165) is 25.1 Å². The van der Waals surface area contributed by atoms with Crippen molar-refractivity contribution in [3.05, 3.63) is 54.4 Å². The van der Waals surface area contributed by atoms with Gasteiger partial charge in [0.05, 0.1) is 5.69 Å². The van der Waals surface area contributed by atoms with E-state index in [0.29, 0.717) is 30.6 Å². The van der Waals surface area contributed by atoms with Gasteiger partial charge in [0.25, 0.3) is 0 Å². The molecule has 1 aromatic heterocycles. The maximum atomic E-state index is 12.0. The number of hydrogen-bond donors (Lipinski definition) is 2. The average molecular weight is 370 g/mol. The number of unbranched alkanes of at least 4 members (excludes halogenated alkanes) is 1. The highest BCUT2D eigenvalue weighted by molar-refractivity contribution is 5.89. The summed E-state index contributed by atoms with van der Waals surface area (Å²) in [6.07, 6.45) is 3.76. The monoisotopic (exact) mass is 370 g/mol. The Morgan fingerprint density at radius 3 is 2.78 bits per heavy atom. The van der Waals surface area contributed by atoms with Gasteiger partial charge in [0.15, 0.2) is 0 Å². The zero-order chi connectivity index (χ0) is 19.5. The Kier molecular flexibility index (Phi) is 8.58. The number of carbonyl (C=O) groups is 1. The number of carbonyl (C=O) groups excluding carboxylic acids is 1. The van der Waals surface area contributed by atoms with Gasteiger partial charge in [-0.05, 0) is 64.5 Å². The van der Waals surface area contributed by atoms with Crippen LogP contribution in [0.4, 0.5) is 10.5 Å². The summed E-state index contributed by atoms with van der Waals surface area (Å²) in [6.45, 7) is 6.45. The highest BCUT2D eigenvalue weighted by atomic mass is 16.5. The molecule has 0 spiro atoms. The van der Waals surface area contributed by atoms with Crippen molar-refractivity contribution in [2.24, 2.45) is 0 Å². The van der Waals surface area contributed by atoms with Crippen molar-refractivity contribution in [1.29, 1.82) is 0 Å². The number of urea groups is 1. The summed E-state index contributed by atoms with van der Waals surface area (Å²) in [5, 5.41) is 5.73. The number of aromatic nitrogens is 1. The normalized spacial score (nSPS) is 10.9. The van der Waals surface area contributed by atoms with Gasteiger partial charge < -0.3 is 20.3 Å². The number of hydrogen-bond acceptors (Lipinski definition) is 4. The van der Waals surface area contributed by atoms with Gasteiger partial charge in [-0.1, -0.05) is 12.1 Å². The molecule has 6 heteroatoms. The first-order valence-electron chi connectivity index (χ1n) is 9.42. The Hall–Kier alpha value is -2.60. The average Bonchev–Trinajstić information content (AvgIpc) is 2.67. The van der Waals surface area contributed by atoms with E-state index in [4.69, 9.17) is 4.74 Å². The van der Waals surface area contributed by atoms with Gasteiger partial charge in [-0.25, -0.2) is 4.79 Å². The quantitative estimate of drug-likeness (QED) is 0.623. The van der Waals surface area contributed by atoms with Crippen LogP contribution in [0.15, 0.2) is 48.7 Å². The van der Waals surface area contributed by atoms with E-state index in [9.17, 15) is 4.79 Å². The van der Waals surface area contributed by atoms with Crippen LogP contribution in [0.1, 0.15) is 32.4 Å². The number of benzene rings is 1. The van der Waals surface area contributed by atoms with Gasteiger partial charge in [0.2, 0.25) is 0 Å². The smallest absolute Gasteiger partial charge is 0.319 e. The molecule has 0 saturated carbocycles. The molecule has 0 aliphatic rings. The zero-order valence-corrected chi connectivity index (χ0v) is 16.4. The molecule has 2 amide bonds. The topological polar surface area (TPSA) is 66.5 Å². The Morgan fingerprint density at radius 2 is 2.04 bits per heavy atom. The number of ether oxygens (including phenoxy) is 1. The standard InChI is InChI=1S/C21H30N4O2/c1-17(2)25(3)14-7-6-13-23-21(26)24-18-10-8-11-20(15-18)27-16-19-9-4-5-12-22-19/h4-5,8-12,15,17H,6-7,13-14,16H2,1-3H3,(H2,23,24,26). The summed E-state index contributed by atoms with van der Waals surface area (Å²) in [4.78, 5) is 18.6. The number of rotatable bonds is 10. The summed E-state index contributed by atoms with van der Waals surface area (Å²) in [5.74, 6) is 0.690. The predicted octanol–water partition coefficient (Wildman–Crippen LogP) is 3.90. The van der Waals surface area contributed by atoms with Crippen molar-refractivity contribution in [2.45, 2.75) is 39.3 Å². The van der Waals surface area contributed by atoms with Crippen LogP contribution in [-0.4, -0.2) is 42.1 Å². The third kappa shape index (κ3) is 8.09. The Labute approximate surface area is 161 Å². The second kappa shape index (κ2) is 11.2. The molecule has 0 aliphatic carbocycles. The van der Waals surface area contributed by atoms with Gasteiger partial charge in [0, 0.05) is 30.5 Å². The van der Waals surface area contributed by atoms with Crippen molar-refractivity contribution in [2.75, 3.05) is 25.5 Å². The van der Waals surface area contributed by atoms with Gasteiger partial charge in [-0.15, -0.1) is 0 Å². The van der Waals surface area contributed by atoms with E-state index in [-0.39, 0.29) is 6.03 Å². The predicted molar refractivity (Wildman–Crippen MR) is 109 cm³/mol. The second-order valence-electron chi connectivity index (χ2n) is 6.80. The lowest BCUT2D eigenvalue weighted by Crippen LogP contribution is -2.31. The van der Waals surface area contributed by atoms with Crippen LogP contribution < -0.4 is 15.4 Å². The molecule has 0 saturated heterocycles. The van der Waals surface area contributed by atoms with Gasteiger partial charge in [-0.3, -0.25) is 4.98 Å². The van der Waals surface area contributed by atoms with Crippen LogP contribution in [-0.2, 0) is 6.61 Å². The minimum Gasteiger partial charge on any atom is -0.487 e. The van der Waals surface area contributed by atoms with Crippen molar-refractivity contribution >= 4 is 11.7 Å². The van der Waals surface area contributed by atoms with Gasteiger partial charge in [-0.2, -0.15) is 0 Å². The zero-order valence-electron chi connectivity index (χ0n) is 16.4. The molecule has 1 heterocycles. The Morgan fingerprint density at radius 1 is 1.19 bits per heavy atom. The van der Waals surface area contributed by atoms with E-state index in [1.54, 1.807) is 12.3 Å². The number of nitrogens with zero attached hydrogens (tertiary/aromatic N) is 2. The highest BCUT2D eigenvalue weighted by Crippen LogP contribution is 2.18. The van der Waals surface area contributed by atoms with Crippen molar-refractivity contribution in [3.63, 3.8) is 0 Å². The first-order valence-corrected chi connectivity index (χ1v) is 9.42. The summed E-state index contributed by atoms with van der Waals surface area (Å²) in [5.41, 5.74) is 1.56. The highest BCUT2D eigenvalue weighted by Gasteiger charge is 2.05. The SMILES string of the molecule is CC(C)N(C)CCCCNC(=O)Nc1cccc(OCc2ccccn2)c1. The first kappa shape index (κ1) is 20.7. The van der Waals surface area contributed by atoms with Crippen LogP contribution in [0.2, 0.25) is 0 Å². The minimum absolute atomic E-state index is 0.200. The molecular weight excluding hydrogens is 340 g/mol. The summed E-state index contributed by atoms with van der Waals surface area (Å²) in [7, 11) is 2.12. The maximum Gasteiger partial charge on any atom is 0.319 e. The van der Waals surface area contributed by atoms with E-state index in [2.05, 4.69) is 41.4 Å². The molecule has 2 N–H and O–H groups in total. The fourth-order valence-corrected chi connectivity index (χ4v) is 2.43. The minimum atomic E-state index is -0.200. The molecule has 0 unspecified atom stereocenters. The first-order chi connectivity index (χ1) is 13.0. The van der Waals surface area contributed by atoms with E-state index in [1.165, 1.54) is 0 Å². The molecule has 1 aromatic carbocycles. The Bertz CT molecular complexity index is 692. The van der Waals surface area contributed by atoms with Crippen LogP contribution >= 0.6 is 0 Å². The molecular formula is C21H30N4O2. The van der Waals surface area contributed by atoms with Gasteiger partial charge >= 0.3 is 6.03 Å². The van der Waals surface area contributed by atoms with Crippen LogP contribution in [0.25, 0.3) is 0 Å². The van der Waals surface area contributed by atoms with E-state index >= 15 is 0 Å². The van der Waals surface area contributed by atoms with E-state index in [1.807, 2.05) is 36.4 Å². The third-order valence-corrected chi connectivity index (χ3v) is 4.31. The summed E-state index contributed by atoms with van der Waals surface area (Å²) in [6, 6.07) is 13.4. The molecule has 0 radical (unpaired) electrons. The molecule has 27 heavy (non-hydrogen) atoms. The lowest BCUT2D eigenvalue weighted by molar-refractivity contribution is 0.250. The molecule has 0 atom stereocenters. The number of anilines is 1. The third-order valence-electron chi connectivity index (χ3n) is 4.31. The molecule has 6 nitrogen and oxygen atoms in total. The maximum absolute atomic E-state index is 12.0. The fourth-order valence-electron chi connectivity index (χ4n) is 2.43. The summed E-state index contributed by atoms with van der Waals surface area (Å²) < 4.78 is 5.73. The molecule has 2 rings (SSSR count). The lowest BCUT2D eigenvalue weighted by Gasteiger charge is -2.20.